The fraction of sp³-hybridized carbons (Fsp3) is 0.529. The van der Waals surface area contributed by atoms with Crippen molar-refractivity contribution in [3.8, 4) is 0 Å². The number of carboxylic acid groups (broad SMARTS) is 2. The number of H-pyrrole nitrogens is 1. The fourth-order valence-electron chi connectivity index (χ4n) is 2.45. The number of thioether (sulfide) groups is 1. The first-order chi connectivity index (χ1) is 14.6. The Balaban J connectivity index is 2.91. The van der Waals surface area contributed by atoms with Crippen molar-refractivity contribution < 1.29 is 34.2 Å². The van der Waals surface area contributed by atoms with Gasteiger partial charge in [-0.25, -0.2) is 4.98 Å². The van der Waals surface area contributed by atoms with Gasteiger partial charge in [-0.1, -0.05) is 0 Å². The summed E-state index contributed by atoms with van der Waals surface area (Å²) in [6.07, 6.45) is 4.22. The SMILES string of the molecule is CSCCC(NC(=O)C(N)CC(=O)O)C(=O)NC(Cc1cnc[nH]1)C(=O)NCC(=O)O. The first-order valence-corrected chi connectivity index (χ1v) is 10.6. The van der Waals surface area contributed by atoms with E-state index in [1.165, 1.54) is 24.3 Å². The van der Waals surface area contributed by atoms with Gasteiger partial charge in [0.05, 0.1) is 18.8 Å². The van der Waals surface area contributed by atoms with Crippen molar-refractivity contribution in [2.24, 2.45) is 5.73 Å². The number of nitrogens with one attached hydrogen (secondary N) is 4. The van der Waals surface area contributed by atoms with Gasteiger partial charge in [0.25, 0.3) is 0 Å². The van der Waals surface area contributed by atoms with Crippen LogP contribution in [0, 0.1) is 0 Å². The third kappa shape index (κ3) is 9.95. The van der Waals surface area contributed by atoms with Crippen LogP contribution in [-0.2, 0) is 30.4 Å². The summed E-state index contributed by atoms with van der Waals surface area (Å²) >= 11 is 1.42. The summed E-state index contributed by atoms with van der Waals surface area (Å²) < 4.78 is 0. The van der Waals surface area contributed by atoms with Crippen LogP contribution in [0.4, 0.5) is 0 Å². The Morgan fingerprint density at radius 2 is 1.77 bits per heavy atom. The van der Waals surface area contributed by atoms with Crippen molar-refractivity contribution in [3.05, 3.63) is 18.2 Å². The minimum Gasteiger partial charge on any atom is -0.481 e. The number of carbonyl (C=O) groups excluding carboxylic acids is 3. The molecule has 0 saturated carbocycles. The molecule has 0 saturated heterocycles. The Hall–Kier alpha value is -3.13. The first-order valence-electron chi connectivity index (χ1n) is 9.17. The predicted octanol–water partition coefficient (Wildman–Crippen LogP) is -2.32. The lowest BCUT2D eigenvalue weighted by molar-refractivity contribution is -0.139. The van der Waals surface area contributed by atoms with Crippen molar-refractivity contribution in [2.45, 2.75) is 37.4 Å². The second-order valence-electron chi connectivity index (χ2n) is 6.50. The molecule has 0 aliphatic rings. The van der Waals surface area contributed by atoms with Crippen molar-refractivity contribution in [3.63, 3.8) is 0 Å². The predicted molar refractivity (Wildman–Crippen MR) is 110 cm³/mol. The van der Waals surface area contributed by atoms with Crippen LogP contribution in [0.25, 0.3) is 0 Å². The van der Waals surface area contributed by atoms with E-state index < -0.39 is 60.8 Å². The van der Waals surface area contributed by atoms with Gasteiger partial charge >= 0.3 is 11.9 Å². The maximum absolute atomic E-state index is 12.8. The molecule has 3 unspecified atom stereocenters. The molecule has 14 heteroatoms. The molecule has 0 bridgehead atoms. The molecule has 3 amide bonds. The topological polar surface area (TPSA) is 217 Å². The van der Waals surface area contributed by atoms with Gasteiger partial charge in [0, 0.05) is 18.3 Å². The molecule has 0 aromatic carbocycles. The highest BCUT2D eigenvalue weighted by Gasteiger charge is 2.29. The largest absolute Gasteiger partial charge is 0.481 e. The monoisotopic (exact) mass is 458 g/mol. The summed E-state index contributed by atoms with van der Waals surface area (Å²) in [4.78, 5) is 65.5. The number of rotatable bonds is 14. The zero-order valence-electron chi connectivity index (χ0n) is 16.8. The average molecular weight is 458 g/mol. The third-order valence-corrected chi connectivity index (χ3v) is 4.64. The highest BCUT2D eigenvalue weighted by atomic mass is 32.2. The van der Waals surface area contributed by atoms with Crippen molar-refractivity contribution in [1.29, 1.82) is 0 Å². The van der Waals surface area contributed by atoms with Crippen molar-refractivity contribution >= 4 is 41.4 Å². The lowest BCUT2D eigenvalue weighted by atomic mass is 10.1. The minimum absolute atomic E-state index is 0.00108. The number of aromatic nitrogens is 2. The molecular formula is C17H26N6O7S. The molecule has 13 nitrogen and oxygen atoms in total. The summed E-state index contributed by atoms with van der Waals surface area (Å²) in [5.74, 6) is -4.27. The van der Waals surface area contributed by atoms with Gasteiger partial charge in [-0.15, -0.1) is 0 Å². The molecule has 0 radical (unpaired) electrons. The zero-order valence-corrected chi connectivity index (χ0v) is 17.6. The van der Waals surface area contributed by atoms with E-state index in [-0.39, 0.29) is 12.8 Å². The third-order valence-electron chi connectivity index (χ3n) is 4.00. The molecule has 1 aromatic rings. The molecule has 1 aromatic heterocycles. The molecule has 1 heterocycles. The molecular weight excluding hydrogens is 432 g/mol. The highest BCUT2D eigenvalue weighted by molar-refractivity contribution is 7.98. The van der Waals surface area contributed by atoms with Crippen LogP contribution < -0.4 is 21.7 Å². The summed E-state index contributed by atoms with van der Waals surface area (Å²) in [5, 5.41) is 24.6. The van der Waals surface area contributed by atoms with E-state index in [4.69, 9.17) is 15.9 Å². The number of nitrogens with zero attached hydrogens (tertiary/aromatic N) is 1. The molecule has 31 heavy (non-hydrogen) atoms. The Morgan fingerprint density at radius 1 is 1.10 bits per heavy atom. The van der Waals surface area contributed by atoms with E-state index in [1.54, 1.807) is 6.26 Å². The number of hydrogen-bond donors (Lipinski definition) is 7. The van der Waals surface area contributed by atoms with Gasteiger partial charge in [0.1, 0.15) is 18.6 Å². The van der Waals surface area contributed by atoms with Gasteiger partial charge in [0.15, 0.2) is 0 Å². The second kappa shape index (κ2) is 13.2. The van der Waals surface area contributed by atoms with E-state index >= 15 is 0 Å². The Morgan fingerprint density at radius 3 is 2.32 bits per heavy atom. The Bertz CT molecular complexity index is 773. The quantitative estimate of drug-likeness (QED) is 0.158. The van der Waals surface area contributed by atoms with Gasteiger partial charge in [0.2, 0.25) is 17.7 Å². The van der Waals surface area contributed by atoms with Gasteiger partial charge in [-0.3, -0.25) is 24.0 Å². The summed E-state index contributed by atoms with van der Waals surface area (Å²) in [6.45, 7) is -0.634. The second-order valence-corrected chi connectivity index (χ2v) is 7.49. The summed E-state index contributed by atoms with van der Waals surface area (Å²) in [6, 6.07) is -3.56. The number of nitrogens with two attached hydrogens (primary N) is 1. The van der Waals surface area contributed by atoms with Crippen LogP contribution in [0.2, 0.25) is 0 Å². The molecule has 172 valence electrons. The molecule has 0 fully saturated rings. The molecule has 1 rings (SSSR count). The molecule has 3 atom stereocenters. The number of aromatic amines is 1. The lowest BCUT2D eigenvalue weighted by Crippen LogP contribution is -2.56. The van der Waals surface area contributed by atoms with Crippen LogP contribution >= 0.6 is 11.8 Å². The van der Waals surface area contributed by atoms with Crippen molar-refractivity contribution in [2.75, 3.05) is 18.6 Å². The van der Waals surface area contributed by atoms with Crippen LogP contribution in [0.5, 0.6) is 0 Å². The van der Waals surface area contributed by atoms with Gasteiger partial charge < -0.3 is 36.9 Å². The molecule has 0 spiro atoms. The van der Waals surface area contributed by atoms with Gasteiger partial charge in [-0.2, -0.15) is 11.8 Å². The van der Waals surface area contributed by atoms with Crippen LogP contribution in [0.15, 0.2) is 12.5 Å². The van der Waals surface area contributed by atoms with E-state index in [1.807, 2.05) is 0 Å². The van der Waals surface area contributed by atoms with Gasteiger partial charge in [-0.05, 0) is 18.4 Å². The Labute approximate surface area is 181 Å². The minimum atomic E-state index is -1.35. The first kappa shape index (κ1) is 25.9. The molecule has 0 aliphatic carbocycles. The molecule has 8 N–H and O–H groups in total. The smallest absolute Gasteiger partial charge is 0.322 e. The van der Waals surface area contributed by atoms with Crippen LogP contribution in [0.1, 0.15) is 18.5 Å². The number of carbonyl (C=O) groups is 5. The zero-order chi connectivity index (χ0) is 23.4. The van der Waals surface area contributed by atoms with E-state index in [0.29, 0.717) is 11.4 Å². The average Bonchev–Trinajstić information content (AvgIpc) is 3.20. The maximum atomic E-state index is 12.8. The summed E-state index contributed by atoms with van der Waals surface area (Å²) in [7, 11) is 0. The highest BCUT2D eigenvalue weighted by Crippen LogP contribution is 2.05. The number of carboxylic acids is 2. The van der Waals surface area contributed by atoms with E-state index in [9.17, 15) is 24.0 Å². The number of hydrogen-bond acceptors (Lipinski definition) is 8. The lowest BCUT2D eigenvalue weighted by Gasteiger charge is -2.23. The standard InChI is InChI=1S/C17H26N6O7S/c1-31-3-2-11(22-15(28)10(18)5-13(24)25)17(30)23-12(4-9-6-19-8-21-9)16(29)20-7-14(26)27/h6,8,10-12H,2-5,7,18H2,1H3,(H,19,21)(H,20,29)(H,22,28)(H,23,30)(H,24,25)(H,26,27). The fourth-order valence-corrected chi connectivity index (χ4v) is 2.92. The number of aliphatic carboxylic acids is 2. The number of amides is 3. The Kier molecular flexibility index (Phi) is 11.1. The maximum Gasteiger partial charge on any atom is 0.322 e. The number of imidazole rings is 1. The van der Waals surface area contributed by atoms with Crippen LogP contribution in [-0.4, -0.2) is 86.5 Å². The van der Waals surface area contributed by atoms with E-state index in [0.717, 1.165) is 0 Å². The summed E-state index contributed by atoms with van der Waals surface area (Å²) in [5.41, 5.74) is 6.06. The van der Waals surface area contributed by atoms with E-state index in [2.05, 4.69) is 25.9 Å². The van der Waals surface area contributed by atoms with Crippen LogP contribution in [0.3, 0.4) is 0 Å². The molecule has 0 aliphatic heterocycles. The van der Waals surface area contributed by atoms with Crippen molar-refractivity contribution in [1.82, 2.24) is 25.9 Å². The normalized spacial score (nSPS) is 13.5.